The maximum Gasteiger partial charge on any atom is 0.317 e. The van der Waals surface area contributed by atoms with Crippen molar-refractivity contribution >= 4 is 5.97 Å². The number of hydrogen-bond acceptors (Lipinski definition) is 38. The van der Waals surface area contributed by atoms with Gasteiger partial charge in [0.2, 0.25) is 6.29 Å². The Morgan fingerprint density at radius 1 is 0.495 bits per heavy atom. The maximum atomic E-state index is 15.6. The molecular formula is C69H112O38. The van der Waals surface area contributed by atoms with Crippen LogP contribution in [0.1, 0.15) is 92.9 Å². The highest BCUT2D eigenvalue weighted by molar-refractivity contribution is 5.80. The lowest BCUT2D eigenvalue weighted by Gasteiger charge is -2.72. The van der Waals surface area contributed by atoms with E-state index in [1.54, 1.807) is 0 Å². The topological polar surface area (TPSA) is 612 Å². The molecule has 0 aromatic rings. The Labute approximate surface area is 615 Å². The second-order valence-electron chi connectivity index (χ2n) is 33.5. The summed E-state index contributed by atoms with van der Waals surface area (Å²) < 4.78 is 81.5. The van der Waals surface area contributed by atoms with Crippen LogP contribution in [0.5, 0.6) is 0 Å². The largest absolute Gasteiger partial charge is 0.432 e. The summed E-state index contributed by atoms with van der Waals surface area (Å²) in [5.74, 6) is -2.64. The van der Waals surface area contributed by atoms with Gasteiger partial charge in [-0.15, -0.1) is 0 Å². The van der Waals surface area contributed by atoms with E-state index in [-0.39, 0.29) is 31.6 Å². The molecule has 0 bridgehead atoms. The van der Waals surface area contributed by atoms with Gasteiger partial charge in [0.15, 0.2) is 43.8 Å². The zero-order valence-electron chi connectivity index (χ0n) is 60.3. The van der Waals surface area contributed by atoms with Crippen LogP contribution in [-0.4, -0.2) is 391 Å². The highest BCUT2D eigenvalue weighted by Gasteiger charge is 2.74. The molecule has 0 aromatic carbocycles. The number of hydrogen-bond donors (Lipinski definition) is 23. The highest BCUT2D eigenvalue weighted by atomic mass is 16.8. The summed E-state index contributed by atoms with van der Waals surface area (Å²) in [6.45, 7) is 5.28. The summed E-state index contributed by atoms with van der Waals surface area (Å²) in [5.41, 5.74) is -7.63. The molecule has 12 rings (SSSR count). The molecule has 4 saturated carbocycles. The van der Waals surface area contributed by atoms with E-state index in [9.17, 15) is 117 Å². The van der Waals surface area contributed by atoms with Crippen LogP contribution >= 0.6 is 0 Å². The van der Waals surface area contributed by atoms with Crippen molar-refractivity contribution in [1.82, 2.24) is 0 Å². The molecule has 616 valence electrons. The van der Waals surface area contributed by atoms with Crippen LogP contribution in [-0.2, 0) is 71.1 Å². The molecule has 0 spiro atoms. The minimum absolute atomic E-state index is 0.00104. The third kappa shape index (κ3) is 14.4. The molecule has 0 amide bonds. The summed E-state index contributed by atoms with van der Waals surface area (Å²) in [6, 6.07) is 0. The van der Waals surface area contributed by atoms with Gasteiger partial charge in [-0.3, -0.25) is 4.79 Å². The van der Waals surface area contributed by atoms with Crippen LogP contribution in [0, 0.1) is 50.2 Å². The van der Waals surface area contributed by atoms with E-state index < -0.39 is 318 Å². The molecular weight excluding hydrogens is 1440 g/mol. The van der Waals surface area contributed by atoms with Crippen LogP contribution in [0.25, 0.3) is 0 Å². The number of ether oxygens (including phenoxy) is 14. The van der Waals surface area contributed by atoms with Crippen molar-refractivity contribution in [3.8, 4) is 0 Å². The Hall–Kier alpha value is -2.23. The van der Waals surface area contributed by atoms with Gasteiger partial charge in [-0.1, -0.05) is 46.3 Å². The molecule has 107 heavy (non-hydrogen) atoms. The van der Waals surface area contributed by atoms with Crippen LogP contribution in [0.2, 0.25) is 0 Å². The minimum Gasteiger partial charge on any atom is -0.432 e. The number of fused-ring (bicyclic) bond motifs is 7. The van der Waals surface area contributed by atoms with Gasteiger partial charge < -0.3 is 184 Å². The Kier molecular flexibility index (Phi) is 25.0. The number of allylic oxidation sites excluding steroid dienone is 2. The Morgan fingerprint density at radius 3 is 1.64 bits per heavy atom. The summed E-state index contributed by atoms with van der Waals surface area (Å²) in [6.07, 6.45) is -53.4. The zero-order valence-corrected chi connectivity index (χ0v) is 60.3. The molecule has 12 aliphatic rings. The number of esters is 1. The molecule has 7 heterocycles. The van der Waals surface area contributed by atoms with Crippen molar-refractivity contribution in [2.45, 2.75) is 301 Å². The third-order valence-corrected chi connectivity index (χ3v) is 26.8. The van der Waals surface area contributed by atoms with E-state index in [1.165, 1.54) is 6.92 Å². The van der Waals surface area contributed by atoms with Crippen molar-refractivity contribution in [2.75, 3.05) is 59.5 Å². The van der Waals surface area contributed by atoms with Gasteiger partial charge in [-0.05, 0) is 97.7 Å². The molecule has 5 aliphatic carbocycles. The number of rotatable bonds is 20. The number of carbonyl (C=O) groups is 1. The Bertz CT molecular complexity index is 3050. The molecule has 11 fully saturated rings. The molecule has 38 nitrogen and oxygen atoms in total. The zero-order chi connectivity index (χ0) is 78.1. The van der Waals surface area contributed by atoms with Gasteiger partial charge in [0.1, 0.15) is 139 Å². The Balaban J connectivity index is 0.725. The average molecular weight is 1550 g/mol. The molecule has 7 aliphatic heterocycles. The molecule has 0 radical (unpaired) electrons. The standard InChI is InChI=1S/C69H112O38/c1-25-50(103-57-49(90)51(30(76)18-94-57)104-61-53(91)68(93,23-73)24-98-61)44(85)48(89)58(99-25)105-52-37(78)29(75)17-95-60(52)107-62(92)69-12-11-63(2,3)13-27(69)26-7-8-34-64(4)14-28(74)54(67(21-71,22-72)35(64)9-10-65(34,5)66(26,6)15-36(69)77)106-59-47(88)43(84)40(81)33(102-59)20-97-56-46(87)42(83)39(80)32(101-56)19-96-55-45(86)41(82)38(79)31(16-70)100-55/h7,25,27-61,70-91,93H,8-24H2,1-6H3/t25-,27-,28-,29?,30+,31+,32+,33+,34+,35+,36+,37-,38+,39+,40+,41-,42-,43-,44-,45+,46+,47+,48+,49+,50-,51-,52+,53-,54-,55+,56+,57-,58-,59-,60-,61-,64+,65+,66+,68+,69+/m0/s1. The van der Waals surface area contributed by atoms with Gasteiger partial charge in [-0.25, -0.2) is 0 Å². The molecule has 38 heteroatoms. The van der Waals surface area contributed by atoms with E-state index in [0.29, 0.717) is 25.7 Å². The minimum atomic E-state index is -2.10. The fourth-order valence-corrected chi connectivity index (χ4v) is 20.2. The van der Waals surface area contributed by atoms with Crippen molar-refractivity contribution < 1.29 is 189 Å². The lowest BCUT2D eigenvalue weighted by atomic mass is 9.33. The normalized spacial score (nSPS) is 54.0. The van der Waals surface area contributed by atoms with Crippen molar-refractivity contribution in [2.24, 2.45) is 50.2 Å². The van der Waals surface area contributed by atoms with Crippen LogP contribution in [0.4, 0.5) is 0 Å². The molecule has 7 saturated heterocycles. The summed E-state index contributed by atoms with van der Waals surface area (Å²) >= 11 is 0. The third-order valence-electron chi connectivity index (χ3n) is 26.8. The monoisotopic (exact) mass is 1550 g/mol. The summed E-state index contributed by atoms with van der Waals surface area (Å²) in [4.78, 5) is 15.6. The smallest absolute Gasteiger partial charge is 0.317 e. The predicted octanol–water partition coefficient (Wildman–Crippen LogP) is -9.73. The number of carbonyl (C=O) groups excluding carboxylic acids is 1. The SMILES string of the molecule is C[C@@H]1O[C@@H](O[C@H]2[C@H](OC(=O)[C@]34CCC(C)(C)C[C@H]3C3=CC[C@@H]5[C@@]6(C)C[C@H](O)[C@H](O[C@@H]7O[C@H](CO[C@@H]8O[C@H](CO[C@@H]9O[C@H](CO)[C@@H](O)[C@H](O)[C@H]9O)[C@@H](O)[C@H](O)[C@H]8O)[C@@H](O)[C@H](O)[C@H]7O)C(CO)(CO)[C@@H]6CC[C@@]5(C)[C@]3(C)C[C@H]4O)OCC(O)[C@@H]2O)[C@H](O)[C@H](O)[C@H]1O[C@@H]1OC[C@@H](O)[C@H](O[C@@H]2OC[C@](O)(CO)[C@H]2O)[C@H]1O. The van der Waals surface area contributed by atoms with Gasteiger partial charge in [0.25, 0.3) is 0 Å². The van der Waals surface area contributed by atoms with Gasteiger partial charge in [0, 0.05) is 5.41 Å². The van der Waals surface area contributed by atoms with E-state index in [4.69, 9.17) is 66.3 Å². The average Bonchev–Trinajstić information content (AvgIpc) is 0.939. The van der Waals surface area contributed by atoms with Gasteiger partial charge in [0.05, 0.1) is 83.9 Å². The predicted molar refractivity (Wildman–Crippen MR) is 347 cm³/mol. The first-order chi connectivity index (χ1) is 50.3. The molecule has 23 N–H and O–H groups in total. The number of aliphatic hydroxyl groups is 23. The van der Waals surface area contributed by atoms with E-state index in [2.05, 4.69) is 26.8 Å². The quantitative estimate of drug-likeness (QED) is 0.0306. The second-order valence-corrected chi connectivity index (χ2v) is 33.5. The number of aliphatic hydroxyl groups excluding tert-OH is 22. The van der Waals surface area contributed by atoms with E-state index >= 15 is 4.79 Å². The molecule has 1 unspecified atom stereocenters. The first kappa shape index (κ1) is 84.2. The molecule has 41 atom stereocenters. The second kappa shape index (κ2) is 31.8. The van der Waals surface area contributed by atoms with Gasteiger partial charge in [-0.2, -0.15) is 0 Å². The van der Waals surface area contributed by atoms with Crippen LogP contribution < -0.4 is 0 Å². The fraction of sp³-hybridized carbons (Fsp3) is 0.957. The first-order valence-corrected chi connectivity index (χ1v) is 36.9. The van der Waals surface area contributed by atoms with Crippen LogP contribution in [0.15, 0.2) is 11.6 Å². The molecule has 0 aromatic heterocycles. The lowest BCUT2D eigenvalue weighted by Crippen LogP contribution is -2.71. The fourth-order valence-electron chi connectivity index (χ4n) is 20.2. The summed E-state index contributed by atoms with van der Waals surface area (Å²) in [7, 11) is 0. The lowest BCUT2D eigenvalue weighted by molar-refractivity contribution is -0.372. The van der Waals surface area contributed by atoms with Crippen molar-refractivity contribution in [3.63, 3.8) is 0 Å². The van der Waals surface area contributed by atoms with E-state index in [1.807, 2.05) is 13.8 Å². The van der Waals surface area contributed by atoms with Crippen LogP contribution in [0.3, 0.4) is 0 Å². The van der Waals surface area contributed by atoms with Crippen molar-refractivity contribution in [3.05, 3.63) is 11.6 Å². The summed E-state index contributed by atoms with van der Waals surface area (Å²) in [5, 5.41) is 255. The highest BCUT2D eigenvalue weighted by Crippen LogP contribution is 2.76. The van der Waals surface area contributed by atoms with Crippen molar-refractivity contribution in [1.29, 1.82) is 0 Å². The first-order valence-electron chi connectivity index (χ1n) is 36.9. The Morgan fingerprint density at radius 2 is 1.04 bits per heavy atom. The van der Waals surface area contributed by atoms with Gasteiger partial charge >= 0.3 is 5.97 Å². The maximum absolute atomic E-state index is 15.6. The van der Waals surface area contributed by atoms with E-state index in [0.717, 1.165) is 5.57 Å².